The van der Waals surface area contributed by atoms with Crippen LogP contribution in [0.1, 0.15) is 30.5 Å². The molecule has 8 heteroatoms. The van der Waals surface area contributed by atoms with Gasteiger partial charge in [0.2, 0.25) is 0 Å². The van der Waals surface area contributed by atoms with Crippen molar-refractivity contribution in [3.05, 3.63) is 24.3 Å². The molecule has 6 nitrogen and oxygen atoms in total. The molecular formula is C12H13FN6S. The lowest BCUT2D eigenvalue weighted by atomic mass is 10.2. The summed E-state index contributed by atoms with van der Waals surface area (Å²) < 4.78 is 20.1. The molecular weight excluding hydrogens is 279 g/mol. The van der Waals surface area contributed by atoms with E-state index in [4.69, 9.17) is 0 Å². The van der Waals surface area contributed by atoms with Crippen LogP contribution in [0.25, 0.3) is 10.8 Å². The van der Waals surface area contributed by atoms with Gasteiger partial charge in [-0.25, -0.2) is 9.37 Å². The number of hydrogen-bond acceptors (Lipinski definition) is 6. The van der Waals surface area contributed by atoms with Gasteiger partial charge in [-0.2, -0.15) is 4.37 Å². The van der Waals surface area contributed by atoms with Crippen LogP contribution in [-0.4, -0.2) is 30.7 Å². The van der Waals surface area contributed by atoms with Gasteiger partial charge in [-0.1, -0.05) is 6.08 Å². The SMILES string of the molecule is C=C[C@H]1NCCn2c(-c3nc(C4(F)CC4)ns3)nnc21. The lowest BCUT2D eigenvalue weighted by Crippen LogP contribution is -2.32. The molecule has 1 atom stereocenters. The number of fused-ring (bicyclic) bond motifs is 1. The summed E-state index contributed by atoms with van der Waals surface area (Å²) in [6.45, 7) is 5.37. The molecule has 0 spiro atoms. The van der Waals surface area contributed by atoms with E-state index in [1.807, 2.05) is 4.57 Å². The topological polar surface area (TPSA) is 68.5 Å². The highest BCUT2D eigenvalue weighted by Crippen LogP contribution is 2.48. The molecule has 104 valence electrons. The van der Waals surface area contributed by atoms with Crippen LogP contribution in [0, 0.1) is 0 Å². The highest BCUT2D eigenvalue weighted by atomic mass is 32.1. The Balaban J connectivity index is 1.74. The molecule has 0 saturated heterocycles. The van der Waals surface area contributed by atoms with Crippen molar-refractivity contribution in [3.8, 4) is 10.8 Å². The zero-order chi connectivity index (χ0) is 13.7. The van der Waals surface area contributed by atoms with Gasteiger partial charge < -0.3 is 9.88 Å². The van der Waals surface area contributed by atoms with E-state index in [0.29, 0.717) is 29.5 Å². The van der Waals surface area contributed by atoms with Gasteiger partial charge in [0, 0.05) is 13.1 Å². The Morgan fingerprint density at radius 3 is 3.05 bits per heavy atom. The molecule has 2 aliphatic rings. The molecule has 1 aliphatic carbocycles. The molecule has 2 aromatic heterocycles. The Labute approximate surface area is 118 Å². The first kappa shape index (κ1) is 12.1. The molecule has 0 aromatic carbocycles. The van der Waals surface area contributed by atoms with Crippen molar-refractivity contribution in [2.45, 2.75) is 31.1 Å². The lowest BCUT2D eigenvalue weighted by Gasteiger charge is -2.21. The van der Waals surface area contributed by atoms with Crippen molar-refractivity contribution in [3.63, 3.8) is 0 Å². The van der Waals surface area contributed by atoms with E-state index in [2.05, 4.69) is 31.5 Å². The number of hydrogen-bond donors (Lipinski definition) is 1. The average Bonchev–Trinajstić information content (AvgIpc) is 2.93. The predicted octanol–water partition coefficient (Wildman–Crippen LogP) is 1.59. The van der Waals surface area contributed by atoms with Gasteiger partial charge in [-0.15, -0.1) is 16.8 Å². The second-order valence-corrected chi connectivity index (χ2v) is 5.84. The molecule has 3 heterocycles. The van der Waals surface area contributed by atoms with Gasteiger partial charge in [0.25, 0.3) is 0 Å². The summed E-state index contributed by atoms with van der Waals surface area (Å²) >= 11 is 1.19. The Hall–Kier alpha value is -1.67. The third-order valence-corrected chi connectivity index (χ3v) is 4.41. The van der Waals surface area contributed by atoms with Gasteiger partial charge in [0.15, 0.2) is 28.1 Å². The smallest absolute Gasteiger partial charge is 0.194 e. The van der Waals surface area contributed by atoms with Crippen LogP contribution in [0.2, 0.25) is 0 Å². The number of nitrogens with zero attached hydrogens (tertiary/aromatic N) is 5. The maximum absolute atomic E-state index is 14.0. The second-order valence-electron chi connectivity index (χ2n) is 5.09. The number of halogens is 1. The lowest BCUT2D eigenvalue weighted by molar-refractivity contribution is 0.303. The molecule has 20 heavy (non-hydrogen) atoms. The first-order chi connectivity index (χ1) is 9.71. The Morgan fingerprint density at radius 1 is 1.45 bits per heavy atom. The summed E-state index contributed by atoms with van der Waals surface area (Å²) in [5.41, 5.74) is -1.30. The van der Waals surface area contributed by atoms with Crippen LogP contribution < -0.4 is 5.32 Å². The van der Waals surface area contributed by atoms with E-state index < -0.39 is 5.67 Å². The molecule has 0 bridgehead atoms. The minimum absolute atomic E-state index is 0.00617. The van der Waals surface area contributed by atoms with Crippen LogP contribution in [-0.2, 0) is 12.2 Å². The number of rotatable bonds is 3. The molecule has 1 N–H and O–H groups in total. The van der Waals surface area contributed by atoms with E-state index in [-0.39, 0.29) is 6.04 Å². The summed E-state index contributed by atoms with van der Waals surface area (Å²) in [5, 5.41) is 12.3. The fourth-order valence-electron chi connectivity index (χ4n) is 2.37. The molecule has 1 fully saturated rings. The zero-order valence-electron chi connectivity index (χ0n) is 10.7. The number of alkyl halides is 1. The van der Waals surface area contributed by atoms with Crippen molar-refractivity contribution < 1.29 is 4.39 Å². The predicted molar refractivity (Wildman–Crippen MR) is 71.9 cm³/mol. The van der Waals surface area contributed by atoms with Gasteiger partial charge in [0.05, 0.1) is 6.04 Å². The highest BCUT2D eigenvalue weighted by molar-refractivity contribution is 7.09. The Bertz CT molecular complexity index is 673. The maximum atomic E-state index is 14.0. The molecule has 1 aliphatic heterocycles. The van der Waals surface area contributed by atoms with E-state index in [1.165, 1.54) is 11.5 Å². The van der Waals surface area contributed by atoms with E-state index in [0.717, 1.165) is 18.9 Å². The van der Waals surface area contributed by atoms with Crippen LogP contribution in [0.5, 0.6) is 0 Å². The van der Waals surface area contributed by atoms with Crippen LogP contribution in [0.4, 0.5) is 4.39 Å². The monoisotopic (exact) mass is 292 g/mol. The molecule has 1 saturated carbocycles. The van der Waals surface area contributed by atoms with Crippen LogP contribution in [0.15, 0.2) is 12.7 Å². The molecule has 0 unspecified atom stereocenters. The quantitative estimate of drug-likeness (QED) is 0.870. The molecule has 4 rings (SSSR count). The maximum Gasteiger partial charge on any atom is 0.194 e. The minimum Gasteiger partial charge on any atom is -0.306 e. The summed E-state index contributed by atoms with van der Waals surface area (Å²) in [7, 11) is 0. The van der Waals surface area contributed by atoms with Crippen LogP contribution in [0.3, 0.4) is 0 Å². The normalized spacial score (nSPS) is 23.4. The fourth-order valence-corrected chi connectivity index (χ4v) is 3.10. The molecule has 0 radical (unpaired) electrons. The Kier molecular flexibility index (Phi) is 2.52. The summed E-state index contributed by atoms with van der Waals surface area (Å²) in [4.78, 5) is 4.31. The van der Waals surface area contributed by atoms with E-state index >= 15 is 0 Å². The van der Waals surface area contributed by atoms with Crippen molar-refractivity contribution in [1.29, 1.82) is 0 Å². The third-order valence-electron chi connectivity index (χ3n) is 3.70. The molecule has 0 amide bonds. The largest absolute Gasteiger partial charge is 0.306 e. The molecule has 2 aromatic rings. The first-order valence-electron chi connectivity index (χ1n) is 6.54. The summed E-state index contributed by atoms with van der Waals surface area (Å²) in [6.07, 6.45) is 2.84. The summed E-state index contributed by atoms with van der Waals surface area (Å²) in [5.74, 6) is 1.78. The average molecular weight is 292 g/mol. The minimum atomic E-state index is -1.30. The van der Waals surface area contributed by atoms with Crippen molar-refractivity contribution in [2.75, 3.05) is 6.54 Å². The van der Waals surface area contributed by atoms with Gasteiger partial charge >= 0.3 is 0 Å². The highest BCUT2D eigenvalue weighted by Gasteiger charge is 2.49. The van der Waals surface area contributed by atoms with Crippen LogP contribution >= 0.6 is 11.5 Å². The van der Waals surface area contributed by atoms with E-state index in [1.54, 1.807) is 6.08 Å². The van der Waals surface area contributed by atoms with E-state index in [9.17, 15) is 4.39 Å². The first-order valence-corrected chi connectivity index (χ1v) is 7.31. The number of nitrogens with one attached hydrogen (secondary N) is 1. The number of aromatic nitrogens is 5. The van der Waals surface area contributed by atoms with Gasteiger partial charge in [-0.05, 0) is 24.4 Å². The van der Waals surface area contributed by atoms with Crippen molar-refractivity contribution >= 4 is 11.5 Å². The van der Waals surface area contributed by atoms with Gasteiger partial charge in [0.1, 0.15) is 0 Å². The standard InChI is InChI=1S/C12H13FN6S/c1-2-7-8-16-17-9(19(8)6-5-14-7)10-15-11(18-20-10)12(13)3-4-12/h2,7,14H,1,3-6H2/t7-/m1/s1. The van der Waals surface area contributed by atoms with Crippen molar-refractivity contribution in [1.82, 2.24) is 29.4 Å². The summed E-state index contributed by atoms with van der Waals surface area (Å²) in [6, 6.07) is -0.00617. The third kappa shape index (κ3) is 1.71. The second kappa shape index (κ2) is 4.16. The fraction of sp³-hybridized carbons (Fsp3) is 0.500. The van der Waals surface area contributed by atoms with Gasteiger partial charge in [-0.3, -0.25) is 0 Å². The zero-order valence-corrected chi connectivity index (χ0v) is 11.5. The Morgan fingerprint density at radius 2 is 2.30 bits per heavy atom. The van der Waals surface area contributed by atoms with Crippen molar-refractivity contribution in [2.24, 2.45) is 0 Å².